The lowest BCUT2D eigenvalue weighted by Crippen LogP contribution is -2.60. The summed E-state index contributed by atoms with van der Waals surface area (Å²) in [4.78, 5) is 15.6. The molecule has 2 heterocycles. The summed E-state index contributed by atoms with van der Waals surface area (Å²) in [5, 5.41) is 3.52. The monoisotopic (exact) mass is 318 g/mol. The van der Waals surface area contributed by atoms with Gasteiger partial charge in [-0.2, -0.15) is 0 Å². The SMILES string of the molecule is CCCN1CCC2(CC1)NCc1cc(OC)c(OC)cc1C2=O. The highest BCUT2D eigenvalue weighted by molar-refractivity contribution is 6.06. The zero-order valence-corrected chi connectivity index (χ0v) is 14.3. The summed E-state index contributed by atoms with van der Waals surface area (Å²) < 4.78 is 10.7. The maximum atomic E-state index is 13.1. The number of ketones is 1. The number of methoxy groups -OCH3 is 2. The number of likely N-dealkylation sites (tertiary alicyclic amines) is 1. The molecule has 5 nitrogen and oxygen atoms in total. The van der Waals surface area contributed by atoms with Crippen LogP contribution in [0.15, 0.2) is 12.1 Å². The summed E-state index contributed by atoms with van der Waals surface area (Å²) in [6.45, 7) is 5.98. The Labute approximate surface area is 137 Å². The largest absolute Gasteiger partial charge is 0.493 e. The van der Waals surface area contributed by atoms with Crippen LogP contribution in [0.2, 0.25) is 0 Å². The van der Waals surface area contributed by atoms with Crippen molar-refractivity contribution in [3.05, 3.63) is 23.3 Å². The van der Waals surface area contributed by atoms with E-state index in [4.69, 9.17) is 9.47 Å². The molecule has 1 saturated heterocycles. The second-order valence-electron chi connectivity index (χ2n) is 6.47. The van der Waals surface area contributed by atoms with Crippen molar-refractivity contribution in [2.45, 2.75) is 38.3 Å². The molecule has 1 aromatic rings. The molecule has 2 aliphatic rings. The van der Waals surface area contributed by atoms with Crippen LogP contribution in [0.3, 0.4) is 0 Å². The van der Waals surface area contributed by atoms with Crippen molar-refractivity contribution in [3.8, 4) is 11.5 Å². The summed E-state index contributed by atoms with van der Waals surface area (Å²) in [7, 11) is 3.22. The van der Waals surface area contributed by atoms with E-state index < -0.39 is 5.54 Å². The van der Waals surface area contributed by atoms with Gasteiger partial charge in [-0.3, -0.25) is 4.79 Å². The van der Waals surface area contributed by atoms with Gasteiger partial charge in [-0.25, -0.2) is 0 Å². The van der Waals surface area contributed by atoms with E-state index in [0.717, 1.165) is 50.0 Å². The van der Waals surface area contributed by atoms with Gasteiger partial charge in [0.2, 0.25) is 0 Å². The highest BCUT2D eigenvalue weighted by Gasteiger charge is 2.44. The van der Waals surface area contributed by atoms with Crippen LogP contribution >= 0.6 is 0 Å². The first-order chi connectivity index (χ1) is 11.1. The van der Waals surface area contributed by atoms with Crippen molar-refractivity contribution < 1.29 is 14.3 Å². The Kier molecular flexibility index (Phi) is 4.60. The van der Waals surface area contributed by atoms with Gasteiger partial charge in [-0.05, 0) is 43.5 Å². The van der Waals surface area contributed by atoms with Crippen LogP contribution in [-0.2, 0) is 6.54 Å². The second kappa shape index (κ2) is 6.49. The molecule has 126 valence electrons. The number of hydrogen-bond donors (Lipinski definition) is 1. The topological polar surface area (TPSA) is 50.8 Å². The van der Waals surface area contributed by atoms with Crippen LogP contribution in [0.1, 0.15) is 42.1 Å². The molecule has 0 atom stereocenters. The fourth-order valence-electron chi connectivity index (χ4n) is 3.76. The van der Waals surface area contributed by atoms with Gasteiger partial charge in [-0.1, -0.05) is 6.92 Å². The smallest absolute Gasteiger partial charge is 0.183 e. The lowest BCUT2D eigenvalue weighted by Gasteiger charge is -2.44. The molecule has 0 aliphatic carbocycles. The Morgan fingerprint density at radius 2 is 1.83 bits per heavy atom. The fraction of sp³-hybridized carbons (Fsp3) is 0.611. The molecule has 1 fully saturated rings. The van der Waals surface area contributed by atoms with Crippen molar-refractivity contribution in [2.75, 3.05) is 33.9 Å². The summed E-state index contributed by atoms with van der Waals surface area (Å²) >= 11 is 0. The number of nitrogens with one attached hydrogen (secondary N) is 1. The van der Waals surface area contributed by atoms with Crippen LogP contribution in [0, 0.1) is 0 Å². The Hall–Kier alpha value is -1.59. The van der Waals surface area contributed by atoms with Gasteiger partial charge in [0.15, 0.2) is 17.3 Å². The first kappa shape index (κ1) is 16.3. The van der Waals surface area contributed by atoms with Gasteiger partial charge in [0.05, 0.1) is 19.8 Å². The molecule has 1 spiro atoms. The number of rotatable bonds is 4. The zero-order valence-electron chi connectivity index (χ0n) is 14.3. The number of carbonyl (C=O) groups excluding carboxylic acids is 1. The summed E-state index contributed by atoms with van der Waals surface area (Å²) in [6, 6.07) is 3.76. The van der Waals surface area contributed by atoms with Gasteiger partial charge >= 0.3 is 0 Å². The van der Waals surface area contributed by atoms with Crippen molar-refractivity contribution in [1.82, 2.24) is 10.2 Å². The van der Waals surface area contributed by atoms with Crippen LogP contribution in [0.4, 0.5) is 0 Å². The maximum Gasteiger partial charge on any atom is 0.183 e. The number of ether oxygens (including phenoxy) is 2. The minimum absolute atomic E-state index is 0.204. The third-order valence-electron chi connectivity index (χ3n) is 5.16. The Morgan fingerprint density at radius 1 is 1.17 bits per heavy atom. The molecule has 0 unspecified atom stereocenters. The van der Waals surface area contributed by atoms with Crippen molar-refractivity contribution in [3.63, 3.8) is 0 Å². The molecule has 3 rings (SSSR count). The zero-order chi connectivity index (χ0) is 16.4. The molecular weight excluding hydrogens is 292 g/mol. The number of Topliss-reactive ketones (excluding diaryl/α,β-unsaturated/α-hetero) is 1. The standard InChI is InChI=1S/C18H26N2O3/c1-4-7-20-8-5-18(6-9-20)17(21)14-11-16(23-3)15(22-2)10-13(14)12-19-18/h10-11,19H,4-9,12H2,1-3H3. The van der Waals surface area contributed by atoms with Crippen LogP contribution < -0.4 is 14.8 Å². The van der Waals surface area contributed by atoms with E-state index in [2.05, 4.69) is 17.1 Å². The predicted octanol–water partition coefficient (Wildman–Crippen LogP) is 2.23. The quantitative estimate of drug-likeness (QED) is 0.922. The summed E-state index contributed by atoms with van der Waals surface area (Å²) in [5.41, 5.74) is 1.37. The Balaban J connectivity index is 1.86. The molecule has 5 heteroatoms. The summed E-state index contributed by atoms with van der Waals surface area (Å²) in [5.74, 6) is 1.51. The molecule has 23 heavy (non-hydrogen) atoms. The normalized spacial score (nSPS) is 20.4. The first-order valence-corrected chi connectivity index (χ1v) is 8.40. The number of hydrogen-bond acceptors (Lipinski definition) is 5. The Bertz CT molecular complexity index is 592. The van der Waals surface area contributed by atoms with Crippen molar-refractivity contribution >= 4 is 5.78 Å². The van der Waals surface area contributed by atoms with E-state index in [1.165, 1.54) is 0 Å². The maximum absolute atomic E-state index is 13.1. The predicted molar refractivity (Wildman–Crippen MR) is 89.4 cm³/mol. The molecule has 0 amide bonds. The molecule has 2 aliphatic heterocycles. The molecule has 0 radical (unpaired) electrons. The molecule has 1 N–H and O–H groups in total. The molecular formula is C18H26N2O3. The Morgan fingerprint density at radius 3 is 2.43 bits per heavy atom. The minimum Gasteiger partial charge on any atom is -0.493 e. The van der Waals surface area contributed by atoms with Crippen molar-refractivity contribution in [1.29, 1.82) is 0 Å². The third-order valence-corrected chi connectivity index (χ3v) is 5.16. The minimum atomic E-state index is -0.406. The number of benzene rings is 1. The van der Waals surface area contributed by atoms with Gasteiger partial charge in [0.25, 0.3) is 0 Å². The highest BCUT2D eigenvalue weighted by Crippen LogP contribution is 2.37. The second-order valence-corrected chi connectivity index (χ2v) is 6.47. The first-order valence-electron chi connectivity index (χ1n) is 8.40. The fourth-order valence-corrected chi connectivity index (χ4v) is 3.76. The highest BCUT2D eigenvalue weighted by atomic mass is 16.5. The number of nitrogens with zero attached hydrogens (tertiary/aromatic N) is 1. The van der Waals surface area contributed by atoms with E-state index >= 15 is 0 Å². The molecule has 0 saturated carbocycles. The van der Waals surface area contributed by atoms with Gasteiger partial charge in [-0.15, -0.1) is 0 Å². The average molecular weight is 318 g/mol. The molecule has 1 aromatic carbocycles. The van der Waals surface area contributed by atoms with Gasteiger partial charge in [0.1, 0.15) is 0 Å². The van der Waals surface area contributed by atoms with E-state index in [9.17, 15) is 4.79 Å². The van der Waals surface area contributed by atoms with Crippen molar-refractivity contribution in [2.24, 2.45) is 0 Å². The lowest BCUT2D eigenvalue weighted by molar-refractivity contribution is 0.0682. The molecule has 0 bridgehead atoms. The number of carbonyl (C=O) groups is 1. The third kappa shape index (κ3) is 2.83. The van der Waals surface area contributed by atoms with E-state index in [0.29, 0.717) is 18.0 Å². The summed E-state index contributed by atoms with van der Waals surface area (Å²) in [6.07, 6.45) is 2.91. The van der Waals surface area contributed by atoms with Gasteiger partial charge < -0.3 is 19.7 Å². The van der Waals surface area contributed by atoms with Gasteiger partial charge in [0, 0.05) is 25.2 Å². The van der Waals surface area contributed by atoms with E-state index in [-0.39, 0.29) is 5.78 Å². The number of piperidine rings is 1. The van der Waals surface area contributed by atoms with Crippen LogP contribution in [-0.4, -0.2) is 50.1 Å². The molecule has 0 aromatic heterocycles. The van der Waals surface area contributed by atoms with Crippen LogP contribution in [0.25, 0.3) is 0 Å². The average Bonchev–Trinajstić information content (AvgIpc) is 2.59. The van der Waals surface area contributed by atoms with Crippen LogP contribution in [0.5, 0.6) is 11.5 Å². The van der Waals surface area contributed by atoms with E-state index in [1.54, 1.807) is 14.2 Å². The lowest BCUT2D eigenvalue weighted by atomic mass is 9.76. The number of fused-ring (bicyclic) bond motifs is 1. The van der Waals surface area contributed by atoms with E-state index in [1.807, 2.05) is 12.1 Å².